The summed E-state index contributed by atoms with van der Waals surface area (Å²) in [6.45, 7) is 1.97. The Morgan fingerprint density at radius 3 is 2.55 bits per heavy atom. The van der Waals surface area contributed by atoms with E-state index in [4.69, 9.17) is 14.5 Å². The summed E-state index contributed by atoms with van der Waals surface area (Å²) in [4.78, 5) is 21.1. The standard InChI is InChI=1S/C26H28N4O3/c1-32-23-10-4-5-11-24(23)33-19-7-6-18-30-22-9-3-2-8-21(22)29-25(30)14-17-28-26(31)20-12-15-27-16-13-20/h2-5,8-13,15-16H,6-7,14,17-19H2,1H3,(H,28,31). The minimum absolute atomic E-state index is 0.103. The fraction of sp³-hybridized carbons (Fsp3) is 0.269. The van der Waals surface area contributed by atoms with Crippen molar-refractivity contribution in [2.24, 2.45) is 0 Å². The van der Waals surface area contributed by atoms with E-state index in [9.17, 15) is 4.79 Å². The molecule has 0 aliphatic rings. The van der Waals surface area contributed by atoms with Crippen molar-refractivity contribution in [3.8, 4) is 11.5 Å². The highest BCUT2D eigenvalue weighted by Gasteiger charge is 2.11. The molecule has 7 nitrogen and oxygen atoms in total. The molecule has 0 atom stereocenters. The molecule has 170 valence electrons. The number of aromatic nitrogens is 3. The lowest BCUT2D eigenvalue weighted by Gasteiger charge is -2.12. The number of ether oxygens (including phenoxy) is 2. The number of para-hydroxylation sites is 4. The Hall–Kier alpha value is -3.87. The van der Waals surface area contributed by atoms with Gasteiger partial charge in [-0.3, -0.25) is 9.78 Å². The molecule has 2 aromatic carbocycles. The van der Waals surface area contributed by atoms with Crippen LogP contribution in [0.2, 0.25) is 0 Å². The van der Waals surface area contributed by atoms with Gasteiger partial charge in [-0.05, 0) is 49.2 Å². The maximum atomic E-state index is 12.3. The van der Waals surface area contributed by atoms with Crippen LogP contribution in [0.1, 0.15) is 29.0 Å². The number of nitrogens with one attached hydrogen (secondary N) is 1. The van der Waals surface area contributed by atoms with Crippen molar-refractivity contribution in [1.82, 2.24) is 19.9 Å². The second-order valence-corrected chi connectivity index (χ2v) is 7.62. The number of methoxy groups -OCH3 is 1. The van der Waals surface area contributed by atoms with Gasteiger partial charge in [0.05, 0.1) is 24.8 Å². The molecular weight excluding hydrogens is 416 g/mol. The van der Waals surface area contributed by atoms with Crippen molar-refractivity contribution in [2.45, 2.75) is 25.8 Å². The first-order chi connectivity index (χ1) is 16.3. The van der Waals surface area contributed by atoms with Crippen molar-refractivity contribution in [1.29, 1.82) is 0 Å². The number of rotatable bonds is 11. The Kier molecular flexibility index (Phi) is 7.53. The number of unbranched alkanes of at least 4 members (excludes halogenated alkanes) is 1. The number of fused-ring (bicyclic) bond motifs is 1. The molecule has 0 spiro atoms. The molecule has 0 unspecified atom stereocenters. The molecule has 7 heteroatoms. The maximum Gasteiger partial charge on any atom is 0.251 e. The number of nitrogens with zero attached hydrogens (tertiary/aromatic N) is 3. The topological polar surface area (TPSA) is 78.3 Å². The highest BCUT2D eigenvalue weighted by molar-refractivity contribution is 5.93. The first-order valence-corrected chi connectivity index (χ1v) is 11.1. The smallest absolute Gasteiger partial charge is 0.251 e. The van der Waals surface area contributed by atoms with Gasteiger partial charge in [0.25, 0.3) is 5.91 Å². The summed E-state index contributed by atoms with van der Waals surface area (Å²) in [7, 11) is 1.65. The first-order valence-electron chi connectivity index (χ1n) is 11.1. The predicted molar refractivity (Wildman–Crippen MR) is 128 cm³/mol. The average Bonchev–Trinajstić information content (AvgIpc) is 3.22. The molecule has 4 aromatic rings. The van der Waals surface area contributed by atoms with Crippen LogP contribution >= 0.6 is 0 Å². The number of aryl methyl sites for hydroxylation is 1. The molecule has 2 heterocycles. The number of amides is 1. The van der Waals surface area contributed by atoms with E-state index in [1.54, 1.807) is 31.6 Å². The Morgan fingerprint density at radius 2 is 1.73 bits per heavy atom. The molecule has 2 aromatic heterocycles. The summed E-state index contributed by atoms with van der Waals surface area (Å²) in [6, 6.07) is 19.2. The van der Waals surface area contributed by atoms with E-state index in [-0.39, 0.29) is 5.91 Å². The van der Waals surface area contributed by atoms with Gasteiger partial charge in [0.1, 0.15) is 5.82 Å². The number of hydrogen-bond donors (Lipinski definition) is 1. The minimum atomic E-state index is -0.103. The van der Waals surface area contributed by atoms with E-state index in [1.807, 2.05) is 42.5 Å². The fourth-order valence-corrected chi connectivity index (χ4v) is 3.75. The molecule has 0 bridgehead atoms. The summed E-state index contributed by atoms with van der Waals surface area (Å²) in [5.74, 6) is 2.37. The monoisotopic (exact) mass is 444 g/mol. The zero-order valence-electron chi connectivity index (χ0n) is 18.7. The molecule has 0 saturated carbocycles. The van der Waals surface area contributed by atoms with Gasteiger partial charge in [-0.25, -0.2) is 4.98 Å². The van der Waals surface area contributed by atoms with Gasteiger partial charge in [0.15, 0.2) is 11.5 Å². The second-order valence-electron chi connectivity index (χ2n) is 7.62. The number of hydrogen-bond acceptors (Lipinski definition) is 5. The van der Waals surface area contributed by atoms with Crippen LogP contribution in [-0.2, 0) is 13.0 Å². The van der Waals surface area contributed by atoms with E-state index in [2.05, 4.69) is 20.9 Å². The van der Waals surface area contributed by atoms with E-state index in [1.165, 1.54) is 0 Å². The predicted octanol–water partition coefficient (Wildman–Crippen LogP) is 4.27. The van der Waals surface area contributed by atoms with Gasteiger partial charge in [0, 0.05) is 37.5 Å². The van der Waals surface area contributed by atoms with Gasteiger partial charge in [0.2, 0.25) is 0 Å². The highest BCUT2D eigenvalue weighted by atomic mass is 16.5. The summed E-state index contributed by atoms with van der Waals surface area (Å²) >= 11 is 0. The Bertz CT molecular complexity index is 1190. The van der Waals surface area contributed by atoms with Crippen molar-refractivity contribution in [2.75, 3.05) is 20.3 Å². The number of imidazole rings is 1. The lowest BCUT2D eigenvalue weighted by atomic mass is 10.2. The third kappa shape index (κ3) is 5.68. The molecule has 1 amide bonds. The summed E-state index contributed by atoms with van der Waals surface area (Å²) < 4.78 is 13.5. The Morgan fingerprint density at radius 1 is 0.970 bits per heavy atom. The third-order valence-electron chi connectivity index (χ3n) is 5.41. The molecule has 1 N–H and O–H groups in total. The van der Waals surface area contributed by atoms with Crippen LogP contribution < -0.4 is 14.8 Å². The van der Waals surface area contributed by atoms with Crippen molar-refractivity contribution >= 4 is 16.9 Å². The van der Waals surface area contributed by atoms with Crippen molar-refractivity contribution in [3.05, 3.63) is 84.4 Å². The van der Waals surface area contributed by atoms with Gasteiger partial charge in [-0.15, -0.1) is 0 Å². The van der Waals surface area contributed by atoms with Crippen LogP contribution in [0.25, 0.3) is 11.0 Å². The first kappa shape index (κ1) is 22.3. The fourth-order valence-electron chi connectivity index (χ4n) is 3.75. The minimum Gasteiger partial charge on any atom is -0.493 e. The molecule has 0 aliphatic heterocycles. The zero-order chi connectivity index (χ0) is 22.9. The van der Waals surface area contributed by atoms with Gasteiger partial charge in [-0.2, -0.15) is 0 Å². The van der Waals surface area contributed by atoms with Crippen LogP contribution in [0.15, 0.2) is 73.1 Å². The molecular formula is C26H28N4O3. The Balaban J connectivity index is 1.33. The third-order valence-corrected chi connectivity index (χ3v) is 5.41. The normalized spacial score (nSPS) is 10.8. The number of carbonyl (C=O) groups excluding carboxylic acids is 1. The van der Waals surface area contributed by atoms with Crippen molar-refractivity contribution in [3.63, 3.8) is 0 Å². The van der Waals surface area contributed by atoms with Gasteiger partial charge >= 0.3 is 0 Å². The molecule has 0 fully saturated rings. The van der Waals surface area contributed by atoms with E-state index >= 15 is 0 Å². The average molecular weight is 445 g/mol. The highest BCUT2D eigenvalue weighted by Crippen LogP contribution is 2.26. The lowest BCUT2D eigenvalue weighted by Crippen LogP contribution is -2.26. The SMILES string of the molecule is COc1ccccc1OCCCCn1c(CCNC(=O)c2ccncc2)nc2ccccc21. The summed E-state index contributed by atoms with van der Waals surface area (Å²) in [6.07, 6.45) is 5.75. The lowest BCUT2D eigenvalue weighted by molar-refractivity contribution is 0.0954. The molecule has 4 rings (SSSR count). The van der Waals surface area contributed by atoms with Crippen LogP contribution in [0.4, 0.5) is 0 Å². The zero-order valence-corrected chi connectivity index (χ0v) is 18.7. The Labute approximate surface area is 193 Å². The van der Waals surface area contributed by atoms with E-state index < -0.39 is 0 Å². The quantitative estimate of drug-likeness (QED) is 0.350. The molecule has 0 aliphatic carbocycles. The summed E-state index contributed by atoms with van der Waals surface area (Å²) in [5.41, 5.74) is 2.69. The van der Waals surface area contributed by atoms with Gasteiger partial charge < -0.3 is 19.4 Å². The van der Waals surface area contributed by atoms with Crippen molar-refractivity contribution < 1.29 is 14.3 Å². The maximum absolute atomic E-state index is 12.3. The number of benzene rings is 2. The van der Waals surface area contributed by atoms with E-state index in [0.29, 0.717) is 25.1 Å². The van der Waals surface area contributed by atoms with Crippen LogP contribution in [0.5, 0.6) is 11.5 Å². The summed E-state index contributed by atoms with van der Waals surface area (Å²) in [5, 5.41) is 2.97. The largest absolute Gasteiger partial charge is 0.493 e. The van der Waals surface area contributed by atoms with E-state index in [0.717, 1.165) is 47.7 Å². The number of pyridine rings is 1. The molecule has 0 saturated heterocycles. The molecule has 33 heavy (non-hydrogen) atoms. The second kappa shape index (κ2) is 11.1. The number of carbonyl (C=O) groups is 1. The van der Waals surface area contributed by atoms with Crippen LogP contribution in [0.3, 0.4) is 0 Å². The molecule has 0 radical (unpaired) electrons. The van der Waals surface area contributed by atoms with Crippen LogP contribution in [-0.4, -0.2) is 40.7 Å². The van der Waals surface area contributed by atoms with Crippen LogP contribution in [0, 0.1) is 0 Å². The van der Waals surface area contributed by atoms with Gasteiger partial charge in [-0.1, -0.05) is 24.3 Å².